The van der Waals surface area contributed by atoms with Crippen molar-refractivity contribution < 1.29 is 14.4 Å². The fraction of sp³-hybridized carbons (Fsp3) is 0.222. The Balaban J connectivity index is 1.34. The number of fused-ring (bicyclic) bond motifs is 2. The third kappa shape index (κ3) is 4.09. The fourth-order valence-electron chi connectivity index (χ4n) is 2.68. The lowest BCUT2D eigenvalue weighted by Gasteiger charge is -2.06. The Kier molecular flexibility index (Phi) is 5.44. The van der Waals surface area contributed by atoms with Crippen LogP contribution in [0, 0.1) is 10.1 Å². The lowest BCUT2D eigenvalue weighted by Crippen LogP contribution is -2.05. The van der Waals surface area contributed by atoms with E-state index in [-0.39, 0.29) is 5.69 Å². The molecule has 0 bridgehead atoms. The molecule has 0 fully saturated rings. The standard InChI is InChI=1S/C18H16N4O4S2/c1-25-8-17-20-13-4-2-11(6-15(13)27-17)19-10-26-9-18-21-14-5-3-12(22(23)24)7-16(14)28-18/h2-7,19H,8-10H2,1H3. The minimum Gasteiger partial charge on any atom is -0.378 e. The first-order valence-corrected chi connectivity index (χ1v) is 9.99. The van der Waals surface area contributed by atoms with Crippen LogP contribution in [0.1, 0.15) is 10.0 Å². The van der Waals surface area contributed by atoms with Gasteiger partial charge in [-0.15, -0.1) is 22.7 Å². The Morgan fingerprint density at radius 2 is 1.71 bits per heavy atom. The quantitative estimate of drug-likeness (QED) is 0.195. The molecule has 2 aromatic heterocycles. The second-order valence-electron chi connectivity index (χ2n) is 5.91. The average molecular weight is 416 g/mol. The van der Waals surface area contributed by atoms with Crippen LogP contribution in [-0.2, 0) is 22.7 Å². The molecule has 0 spiro atoms. The van der Waals surface area contributed by atoms with Crippen LogP contribution in [0.4, 0.5) is 11.4 Å². The molecule has 0 aliphatic carbocycles. The van der Waals surface area contributed by atoms with E-state index < -0.39 is 4.92 Å². The number of benzene rings is 2. The Bertz CT molecular complexity index is 1140. The number of anilines is 1. The van der Waals surface area contributed by atoms with Crippen molar-refractivity contribution in [2.45, 2.75) is 13.2 Å². The van der Waals surface area contributed by atoms with E-state index in [2.05, 4.69) is 15.3 Å². The molecule has 4 aromatic rings. The number of thiazole rings is 2. The largest absolute Gasteiger partial charge is 0.378 e. The Morgan fingerprint density at radius 1 is 1.04 bits per heavy atom. The van der Waals surface area contributed by atoms with Gasteiger partial charge in [0, 0.05) is 24.9 Å². The maximum absolute atomic E-state index is 10.9. The summed E-state index contributed by atoms with van der Waals surface area (Å²) in [6.07, 6.45) is 0. The first-order valence-electron chi connectivity index (χ1n) is 8.36. The van der Waals surface area contributed by atoms with Crippen molar-refractivity contribution in [3.05, 3.63) is 56.5 Å². The topological polar surface area (TPSA) is 99.4 Å². The van der Waals surface area contributed by atoms with Gasteiger partial charge in [0.15, 0.2) is 0 Å². The smallest absolute Gasteiger partial charge is 0.270 e. The Morgan fingerprint density at radius 3 is 2.43 bits per heavy atom. The normalized spacial score (nSPS) is 11.3. The molecule has 0 saturated carbocycles. The van der Waals surface area contributed by atoms with E-state index in [1.54, 1.807) is 24.5 Å². The van der Waals surface area contributed by atoms with Gasteiger partial charge in [0.2, 0.25) is 0 Å². The van der Waals surface area contributed by atoms with Gasteiger partial charge in [-0.25, -0.2) is 9.97 Å². The summed E-state index contributed by atoms with van der Waals surface area (Å²) >= 11 is 3.00. The van der Waals surface area contributed by atoms with Crippen molar-refractivity contribution in [1.29, 1.82) is 0 Å². The van der Waals surface area contributed by atoms with E-state index in [0.29, 0.717) is 19.9 Å². The molecule has 10 heteroatoms. The molecule has 0 atom stereocenters. The molecule has 4 rings (SSSR count). The van der Waals surface area contributed by atoms with Gasteiger partial charge < -0.3 is 14.8 Å². The maximum atomic E-state index is 10.9. The molecule has 0 aliphatic heterocycles. The molecule has 2 heterocycles. The van der Waals surface area contributed by atoms with Crippen LogP contribution in [0.3, 0.4) is 0 Å². The number of methoxy groups -OCH3 is 1. The Hall–Kier alpha value is -2.66. The highest BCUT2D eigenvalue weighted by Crippen LogP contribution is 2.27. The highest BCUT2D eigenvalue weighted by Gasteiger charge is 2.10. The van der Waals surface area contributed by atoms with E-state index in [4.69, 9.17) is 9.47 Å². The van der Waals surface area contributed by atoms with Crippen molar-refractivity contribution in [3.8, 4) is 0 Å². The van der Waals surface area contributed by atoms with Crippen molar-refractivity contribution >= 4 is 54.5 Å². The van der Waals surface area contributed by atoms with Crippen LogP contribution in [0.25, 0.3) is 20.4 Å². The summed E-state index contributed by atoms with van der Waals surface area (Å²) in [6, 6.07) is 10.6. The van der Waals surface area contributed by atoms with Gasteiger partial charge in [0.05, 0.1) is 32.0 Å². The number of non-ortho nitro benzene ring substituents is 1. The summed E-state index contributed by atoms with van der Waals surface area (Å²) in [4.78, 5) is 19.4. The van der Waals surface area contributed by atoms with E-state index in [1.807, 2.05) is 18.2 Å². The molecule has 0 amide bonds. The summed E-state index contributed by atoms with van der Waals surface area (Å²) in [6.45, 7) is 1.17. The molecule has 0 saturated heterocycles. The van der Waals surface area contributed by atoms with Crippen LogP contribution in [0.5, 0.6) is 0 Å². The monoisotopic (exact) mass is 416 g/mol. The third-order valence-electron chi connectivity index (χ3n) is 3.93. The van der Waals surface area contributed by atoms with Gasteiger partial charge in [-0.1, -0.05) is 0 Å². The number of nitro benzene ring substituents is 1. The van der Waals surface area contributed by atoms with Crippen molar-refractivity contribution in [2.24, 2.45) is 0 Å². The van der Waals surface area contributed by atoms with Crippen LogP contribution >= 0.6 is 22.7 Å². The maximum Gasteiger partial charge on any atom is 0.270 e. The van der Waals surface area contributed by atoms with Crippen LogP contribution in [0.2, 0.25) is 0 Å². The summed E-state index contributed by atoms with van der Waals surface area (Å²) in [5.41, 5.74) is 2.70. The minimum absolute atomic E-state index is 0.0670. The summed E-state index contributed by atoms with van der Waals surface area (Å²) in [5, 5.41) is 15.8. The van der Waals surface area contributed by atoms with E-state index >= 15 is 0 Å². The number of nitro groups is 1. The highest BCUT2D eigenvalue weighted by atomic mass is 32.1. The van der Waals surface area contributed by atoms with E-state index in [9.17, 15) is 10.1 Å². The van der Waals surface area contributed by atoms with Crippen molar-refractivity contribution in [3.63, 3.8) is 0 Å². The van der Waals surface area contributed by atoms with E-state index in [1.165, 1.54) is 23.5 Å². The second kappa shape index (κ2) is 8.15. The SMILES string of the molecule is COCc1nc2ccc(NCOCc3nc4ccc([N+](=O)[O-])cc4s3)cc2s1. The molecule has 0 aliphatic rings. The van der Waals surface area contributed by atoms with Crippen LogP contribution < -0.4 is 5.32 Å². The highest BCUT2D eigenvalue weighted by molar-refractivity contribution is 7.18. The van der Waals surface area contributed by atoms with Gasteiger partial charge in [-0.05, 0) is 24.3 Å². The Labute approximate surface area is 167 Å². The van der Waals surface area contributed by atoms with Gasteiger partial charge in [-0.3, -0.25) is 10.1 Å². The third-order valence-corrected chi connectivity index (χ3v) is 5.91. The molecular formula is C18H16N4O4S2. The van der Waals surface area contributed by atoms with Crippen LogP contribution in [-0.4, -0.2) is 28.7 Å². The number of ether oxygens (including phenoxy) is 2. The zero-order valence-electron chi connectivity index (χ0n) is 14.9. The van der Waals surface area contributed by atoms with Crippen molar-refractivity contribution in [2.75, 3.05) is 19.2 Å². The lowest BCUT2D eigenvalue weighted by molar-refractivity contribution is -0.384. The fourth-order valence-corrected chi connectivity index (χ4v) is 4.59. The number of hydrogen-bond donors (Lipinski definition) is 1. The number of nitrogens with one attached hydrogen (secondary N) is 1. The number of hydrogen-bond acceptors (Lipinski definition) is 9. The molecule has 2 aromatic carbocycles. The predicted octanol–water partition coefficient (Wildman–Crippen LogP) is 4.55. The summed E-state index contributed by atoms with van der Waals surface area (Å²) < 4.78 is 12.6. The molecule has 1 N–H and O–H groups in total. The minimum atomic E-state index is -0.405. The molecule has 0 radical (unpaired) electrons. The lowest BCUT2D eigenvalue weighted by atomic mass is 10.3. The first-order chi connectivity index (χ1) is 13.6. The molecular weight excluding hydrogens is 400 g/mol. The average Bonchev–Trinajstić information content (AvgIpc) is 3.27. The predicted molar refractivity (Wildman–Crippen MR) is 110 cm³/mol. The van der Waals surface area contributed by atoms with Crippen molar-refractivity contribution in [1.82, 2.24) is 9.97 Å². The zero-order valence-corrected chi connectivity index (χ0v) is 16.5. The molecule has 8 nitrogen and oxygen atoms in total. The van der Waals surface area contributed by atoms with Gasteiger partial charge >= 0.3 is 0 Å². The van der Waals surface area contributed by atoms with Crippen LogP contribution in [0.15, 0.2) is 36.4 Å². The number of aromatic nitrogens is 2. The zero-order chi connectivity index (χ0) is 19.5. The summed E-state index contributed by atoms with van der Waals surface area (Å²) in [7, 11) is 1.66. The molecule has 0 unspecified atom stereocenters. The summed E-state index contributed by atoms with van der Waals surface area (Å²) in [5.74, 6) is 0. The second-order valence-corrected chi connectivity index (χ2v) is 8.14. The number of rotatable bonds is 8. The first kappa shape index (κ1) is 18.7. The number of nitrogens with zero attached hydrogens (tertiary/aromatic N) is 3. The molecule has 28 heavy (non-hydrogen) atoms. The van der Waals surface area contributed by atoms with Gasteiger partial charge in [0.1, 0.15) is 23.4 Å². The van der Waals surface area contributed by atoms with Gasteiger partial charge in [-0.2, -0.15) is 0 Å². The molecule has 144 valence electrons. The van der Waals surface area contributed by atoms with Gasteiger partial charge in [0.25, 0.3) is 5.69 Å². The van der Waals surface area contributed by atoms with E-state index in [0.717, 1.165) is 36.1 Å².